The zero-order chi connectivity index (χ0) is 19.0. The number of nitrogens with one attached hydrogen (secondary N) is 1. The van der Waals surface area contributed by atoms with Crippen molar-refractivity contribution < 1.29 is 12.8 Å². The highest BCUT2D eigenvalue weighted by Gasteiger charge is 2.16. The van der Waals surface area contributed by atoms with Crippen LogP contribution in [0.2, 0.25) is 0 Å². The summed E-state index contributed by atoms with van der Waals surface area (Å²) in [5.41, 5.74) is 2.61. The van der Waals surface area contributed by atoms with Crippen LogP contribution in [0.3, 0.4) is 0 Å². The summed E-state index contributed by atoms with van der Waals surface area (Å²) in [6.07, 6.45) is 1.49. The first-order chi connectivity index (χ1) is 12.9. The Morgan fingerprint density at radius 2 is 1.93 bits per heavy atom. The molecule has 7 nitrogen and oxygen atoms in total. The minimum atomic E-state index is -3.84. The first kappa shape index (κ1) is 17.1. The van der Waals surface area contributed by atoms with Crippen LogP contribution in [0.5, 0.6) is 0 Å². The average Bonchev–Trinajstić information content (AvgIpc) is 3.11. The second-order valence-corrected chi connectivity index (χ2v) is 7.63. The number of sulfonamides is 1. The summed E-state index contributed by atoms with van der Waals surface area (Å²) >= 11 is 0. The predicted octanol–water partition coefficient (Wildman–Crippen LogP) is 3.04. The Hall–Kier alpha value is -3.33. The van der Waals surface area contributed by atoms with E-state index >= 15 is 0 Å². The van der Waals surface area contributed by atoms with E-state index in [0.29, 0.717) is 17.0 Å². The third-order valence-corrected chi connectivity index (χ3v) is 5.39. The van der Waals surface area contributed by atoms with Gasteiger partial charge in [-0.1, -0.05) is 12.1 Å². The van der Waals surface area contributed by atoms with Gasteiger partial charge in [0.05, 0.1) is 10.6 Å². The Kier molecular flexibility index (Phi) is 4.08. The molecule has 0 amide bonds. The highest BCUT2D eigenvalue weighted by molar-refractivity contribution is 7.92. The van der Waals surface area contributed by atoms with Crippen molar-refractivity contribution in [2.24, 2.45) is 0 Å². The Bertz CT molecular complexity index is 1250. The molecule has 0 saturated heterocycles. The van der Waals surface area contributed by atoms with Crippen molar-refractivity contribution in [2.75, 3.05) is 4.72 Å². The van der Waals surface area contributed by atoms with Crippen molar-refractivity contribution in [3.63, 3.8) is 0 Å². The minimum absolute atomic E-state index is 0.00385. The Labute approximate surface area is 154 Å². The van der Waals surface area contributed by atoms with Crippen molar-refractivity contribution in [1.29, 1.82) is 0 Å². The molecule has 0 spiro atoms. The normalized spacial score (nSPS) is 11.6. The number of anilines is 1. The molecule has 2 aromatic heterocycles. The molecule has 0 aliphatic carbocycles. The quantitative estimate of drug-likeness (QED) is 0.585. The van der Waals surface area contributed by atoms with Gasteiger partial charge in [0, 0.05) is 11.3 Å². The second kappa shape index (κ2) is 6.44. The van der Waals surface area contributed by atoms with E-state index < -0.39 is 15.8 Å². The van der Waals surface area contributed by atoms with Crippen molar-refractivity contribution >= 4 is 21.4 Å². The maximum atomic E-state index is 13.4. The van der Waals surface area contributed by atoms with E-state index in [1.54, 1.807) is 30.3 Å². The summed E-state index contributed by atoms with van der Waals surface area (Å²) < 4.78 is 42.6. The van der Waals surface area contributed by atoms with Gasteiger partial charge in [-0.05, 0) is 55.0 Å². The van der Waals surface area contributed by atoms with Gasteiger partial charge in [0.15, 0.2) is 5.65 Å². The molecule has 0 saturated carbocycles. The van der Waals surface area contributed by atoms with Crippen molar-refractivity contribution in [1.82, 2.24) is 19.8 Å². The lowest BCUT2D eigenvalue weighted by molar-refractivity contribution is 0.598. The van der Waals surface area contributed by atoms with E-state index in [9.17, 15) is 12.8 Å². The number of halogens is 1. The van der Waals surface area contributed by atoms with Crippen molar-refractivity contribution in [2.45, 2.75) is 11.8 Å². The van der Waals surface area contributed by atoms with E-state index in [4.69, 9.17) is 0 Å². The number of aromatic nitrogens is 4. The molecule has 0 aliphatic heterocycles. The molecular formula is C18H14FN5O2S. The highest BCUT2D eigenvalue weighted by Crippen LogP contribution is 2.23. The van der Waals surface area contributed by atoms with Crippen LogP contribution >= 0.6 is 0 Å². The lowest BCUT2D eigenvalue weighted by Crippen LogP contribution is -2.13. The fourth-order valence-electron chi connectivity index (χ4n) is 2.62. The van der Waals surface area contributed by atoms with Crippen LogP contribution in [0.15, 0.2) is 65.8 Å². The molecule has 4 rings (SSSR count). The molecule has 27 heavy (non-hydrogen) atoms. The van der Waals surface area contributed by atoms with Gasteiger partial charge < -0.3 is 0 Å². The van der Waals surface area contributed by atoms with Gasteiger partial charge in [0.2, 0.25) is 0 Å². The zero-order valence-corrected chi connectivity index (χ0v) is 15.0. The van der Waals surface area contributed by atoms with Gasteiger partial charge in [0.1, 0.15) is 12.1 Å². The SMILES string of the molecule is Cc1cc(S(=O)(=O)Nc2cccc(-c3ccc4nncn4n3)c2)ccc1F. The van der Waals surface area contributed by atoms with Crippen LogP contribution in [0, 0.1) is 12.7 Å². The molecule has 0 bridgehead atoms. The number of benzene rings is 2. The van der Waals surface area contributed by atoms with Crippen LogP contribution in [-0.2, 0) is 10.0 Å². The molecule has 0 radical (unpaired) electrons. The number of fused-ring (bicyclic) bond motifs is 1. The molecule has 2 heterocycles. The molecule has 0 aliphatic rings. The van der Waals surface area contributed by atoms with Gasteiger partial charge in [-0.3, -0.25) is 4.72 Å². The van der Waals surface area contributed by atoms with Crippen LogP contribution in [0.4, 0.5) is 10.1 Å². The van der Waals surface area contributed by atoms with Gasteiger partial charge in [-0.2, -0.15) is 9.61 Å². The summed E-state index contributed by atoms with van der Waals surface area (Å²) in [7, 11) is -3.84. The van der Waals surface area contributed by atoms with E-state index in [2.05, 4.69) is 20.0 Å². The van der Waals surface area contributed by atoms with Crippen LogP contribution < -0.4 is 4.72 Å². The Morgan fingerprint density at radius 3 is 2.74 bits per heavy atom. The molecule has 1 N–H and O–H groups in total. The summed E-state index contributed by atoms with van der Waals surface area (Å²) in [6.45, 7) is 1.52. The monoisotopic (exact) mass is 383 g/mol. The first-order valence-corrected chi connectivity index (χ1v) is 9.47. The van der Waals surface area contributed by atoms with Gasteiger partial charge >= 0.3 is 0 Å². The predicted molar refractivity (Wildman–Crippen MR) is 98.2 cm³/mol. The minimum Gasteiger partial charge on any atom is -0.280 e. The van der Waals surface area contributed by atoms with E-state index in [1.807, 2.05) is 6.07 Å². The van der Waals surface area contributed by atoms with Gasteiger partial charge in [-0.25, -0.2) is 12.8 Å². The van der Waals surface area contributed by atoms with E-state index in [0.717, 1.165) is 11.6 Å². The third-order valence-electron chi connectivity index (χ3n) is 4.01. The highest BCUT2D eigenvalue weighted by atomic mass is 32.2. The first-order valence-electron chi connectivity index (χ1n) is 7.99. The van der Waals surface area contributed by atoms with Gasteiger partial charge in [-0.15, -0.1) is 10.2 Å². The maximum Gasteiger partial charge on any atom is 0.261 e. The van der Waals surface area contributed by atoms with Crippen molar-refractivity contribution in [3.05, 3.63) is 72.3 Å². The molecule has 9 heteroatoms. The molecule has 0 fully saturated rings. The standard InChI is InChI=1S/C18H14FN5O2S/c1-12-9-15(5-6-16(12)19)27(25,26)23-14-4-2-3-13(10-14)17-7-8-18-21-20-11-24(18)22-17/h2-11,23H,1H3. The molecule has 2 aromatic carbocycles. The summed E-state index contributed by atoms with van der Waals surface area (Å²) in [6, 6.07) is 14.1. The lowest BCUT2D eigenvalue weighted by Gasteiger charge is -2.10. The molecule has 4 aromatic rings. The molecule has 136 valence electrons. The summed E-state index contributed by atoms with van der Waals surface area (Å²) in [5.74, 6) is -0.452. The molecule has 0 atom stereocenters. The van der Waals surface area contributed by atoms with Crippen LogP contribution in [-0.4, -0.2) is 28.2 Å². The van der Waals surface area contributed by atoms with Crippen LogP contribution in [0.1, 0.15) is 5.56 Å². The smallest absolute Gasteiger partial charge is 0.261 e. The van der Waals surface area contributed by atoms with E-state index in [1.165, 1.54) is 29.9 Å². The zero-order valence-electron chi connectivity index (χ0n) is 14.2. The van der Waals surface area contributed by atoms with E-state index in [-0.39, 0.29) is 10.5 Å². The topological polar surface area (TPSA) is 89.2 Å². The van der Waals surface area contributed by atoms with Gasteiger partial charge in [0.25, 0.3) is 10.0 Å². The number of aryl methyl sites for hydroxylation is 1. The largest absolute Gasteiger partial charge is 0.280 e. The number of nitrogens with zero attached hydrogens (tertiary/aromatic N) is 4. The number of hydrogen-bond donors (Lipinski definition) is 1. The average molecular weight is 383 g/mol. The Balaban J connectivity index is 1.66. The fraction of sp³-hybridized carbons (Fsp3) is 0.0556. The Morgan fingerprint density at radius 1 is 1.07 bits per heavy atom. The number of hydrogen-bond acceptors (Lipinski definition) is 5. The maximum absolute atomic E-state index is 13.4. The summed E-state index contributed by atoms with van der Waals surface area (Å²) in [4.78, 5) is -0.00385. The third kappa shape index (κ3) is 3.36. The number of rotatable bonds is 4. The fourth-order valence-corrected chi connectivity index (χ4v) is 3.76. The van der Waals surface area contributed by atoms with Crippen LogP contribution in [0.25, 0.3) is 16.9 Å². The summed E-state index contributed by atoms with van der Waals surface area (Å²) in [5, 5.41) is 12.1. The second-order valence-electron chi connectivity index (χ2n) is 5.95. The molecular weight excluding hydrogens is 369 g/mol. The molecule has 0 unspecified atom stereocenters. The lowest BCUT2D eigenvalue weighted by atomic mass is 10.1. The van der Waals surface area contributed by atoms with Crippen molar-refractivity contribution in [3.8, 4) is 11.3 Å².